The third-order valence-corrected chi connectivity index (χ3v) is 7.89. The molecule has 2 aliphatic rings. The number of ether oxygens (including phenoxy) is 1. The summed E-state index contributed by atoms with van der Waals surface area (Å²) in [7, 11) is 0. The number of halogens is 1. The molecule has 0 amide bonds. The van der Waals surface area contributed by atoms with E-state index in [4.69, 9.17) is 10.5 Å². The lowest BCUT2D eigenvalue weighted by Gasteiger charge is -2.26. The maximum atomic E-state index is 14.7. The zero-order chi connectivity index (χ0) is 25.8. The number of nitrogens with zero attached hydrogens (tertiary/aromatic N) is 1. The third kappa shape index (κ3) is 5.69. The van der Waals surface area contributed by atoms with Gasteiger partial charge in [-0.3, -0.25) is 4.90 Å². The standard InChI is InChI=1S/C31H37FN2O3/c32-26-20-21(9-15-29(26)37-19-18-34-16-4-1-5-17-34)8-11-24-27(35)14-12-25(31(24)33)30-23-7-3-2-6-22(23)10-13-28(30)36/h9-10,12-15,20,35-36H,1-8,11,16-19,33H2. The lowest BCUT2D eigenvalue weighted by atomic mass is 9.84. The molecule has 1 aliphatic carbocycles. The summed E-state index contributed by atoms with van der Waals surface area (Å²) in [6, 6.07) is 12.2. The molecule has 4 N–H and O–H groups in total. The van der Waals surface area contributed by atoms with Crippen LogP contribution in [0.1, 0.15) is 54.4 Å². The van der Waals surface area contributed by atoms with E-state index >= 15 is 0 Å². The summed E-state index contributed by atoms with van der Waals surface area (Å²) in [6.45, 7) is 3.47. The fraction of sp³-hybridized carbons (Fsp3) is 0.419. The number of benzene rings is 3. The second kappa shape index (κ2) is 11.4. The molecular weight excluding hydrogens is 467 g/mol. The van der Waals surface area contributed by atoms with E-state index in [1.807, 2.05) is 12.1 Å². The number of nitrogen functional groups attached to an aromatic ring is 1. The highest BCUT2D eigenvalue weighted by molar-refractivity contribution is 5.86. The molecule has 5 rings (SSSR count). The van der Waals surface area contributed by atoms with Gasteiger partial charge in [0.15, 0.2) is 11.6 Å². The van der Waals surface area contributed by atoms with Crippen LogP contribution in [0.3, 0.4) is 0 Å². The van der Waals surface area contributed by atoms with Crippen molar-refractivity contribution in [2.45, 2.75) is 57.8 Å². The van der Waals surface area contributed by atoms with Crippen molar-refractivity contribution in [3.05, 3.63) is 70.5 Å². The number of phenols is 2. The first-order valence-corrected chi connectivity index (χ1v) is 13.6. The van der Waals surface area contributed by atoms with Crippen LogP contribution in [-0.2, 0) is 25.7 Å². The van der Waals surface area contributed by atoms with Crippen LogP contribution in [0.4, 0.5) is 10.1 Å². The second-order valence-electron chi connectivity index (χ2n) is 10.3. The molecule has 1 aliphatic heterocycles. The topological polar surface area (TPSA) is 79.0 Å². The average molecular weight is 505 g/mol. The molecule has 37 heavy (non-hydrogen) atoms. The summed E-state index contributed by atoms with van der Waals surface area (Å²) >= 11 is 0. The molecule has 5 nitrogen and oxygen atoms in total. The van der Waals surface area contributed by atoms with Crippen LogP contribution < -0.4 is 10.5 Å². The van der Waals surface area contributed by atoms with Crippen LogP contribution in [0.5, 0.6) is 17.2 Å². The van der Waals surface area contributed by atoms with Crippen molar-refractivity contribution in [2.75, 3.05) is 32.0 Å². The van der Waals surface area contributed by atoms with Gasteiger partial charge in [0.05, 0.1) is 0 Å². The number of hydrogen-bond acceptors (Lipinski definition) is 5. The lowest BCUT2D eigenvalue weighted by molar-refractivity contribution is 0.180. The number of fused-ring (bicyclic) bond motifs is 1. The van der Waals surface area contributed by atoms with Gasteiger partial charge in [-0.2, -0.15) is 0 Å². The minimum atomic E-state index is -0.372. The summed E-state index contributed by atoms with van der Waals surface area (Å²) in [5.74, 6) is 0.225. The van der Waals surface area contributed by atoms with Crippen molar-refractivity contribution in [3.8, 4) is 28.4 Å². The highest BCUT2D eigenvalue weighted by atomic mass is 19.1. The van der Waals surface area contributed by atoms with Crippen molar-refractivity contribution >= 4 is 5.69 Å². The molecule has 6 heteroatoms. The molecule has 0 atom stereocenters. The van der Waals surface area contributed by atoms with Crippen molar-refractivity contribution in [1.82, 2.24) is 4.90 Å². The Bertz CT molecular complexity index is 1250. The van der Waals surface area contributed by atoms with Crippen LogP contribution in [0.25, 0.3) is 11.1 Å². The van der Waals surface area contributed by atoms with Crippen LogP contribution in [0.2, 0.25) is 0 Å². The monoisotopic (exact) mass is 504 g/mol. The number of aryl methyl sites for hydroxylation is 2. The SMILES string of the molecule is Nc1c(-c2c(O)ccc3c2CCCC3)ccc(O)c1CCc1ccc(OCCN2CCCCC2)c(F)c1. The number of nitrogens with two attached hydrogens (primary N) is 1. The first kappa shape index (κ1) is 25.4. The van der Waals surface area contributed by atoms with E-state index < -0.39 is 0 Å². The normalized spacial score (nSPS) is 15.9. The highest BCUT2D eigenvalue weighted by Gasteiger charge is 2.21. The smallest absolute Gasteiger partial charge is 0.165 e. The van der Waals surface area contributed by atoms with Gasteiger partial charge < -0.3 is 20.7 Å². The van der Waals surface area contributed by atoms with Crippen LogP contribution in [-0.4, -0.2) is 41.4 Å². The fourth-order valence-corrected chi connectivity index (χ4v) is 5.80. The Hall–Kier alpha value is -3.25. The molecule has 0 aromatic heterocycles. The Morgan fingerprint density at radius 1 is 0.865 bits per heavy atom. The van der Waals surface area contributed by atoms with Crippen LogP contribution in [0.15, 0.2) is 42.5 Å². The van der Waals surface area contributed by atoms with Gasteiger partial charge in [-0.05, 0) is 111 Å². The Morgan fingerprint density at radius 3 is 2.46 bits per heavy atom. The van der Waals surface area contributed by atoms with Crippen LogP contribution in [0, 0.1) is 5.82 Å². The Kier molecular flexibility index (Phi) is 7.85. The van der Waals surface area contributed by atoms with Gasteiger partial charge in [-0.15, -0.1) is 0 Å². The summed E-state index contributed by atoms with van der Waals surface area (Å²) in [5.41, 5.74) is 12.4. The second-order valence-corrected chi connectivity index (χ2v) is 10.3. The van der Waals surface area contributed by atoms with E-state index in [-0.39, 0.29) is 23.1 Å². The summed E-state index contributed by atoms with van der Waals surface area (Å²) in [4.78, 5) is 2.37. The van der Waals surface area contributed by atoms with Gasteiger partial charge in [-0.1, -0.05) is 18.6 Å². The van der Waals surface area contributed by atoms with E-state index in [9.17, 15) is 14.6 Å². The Labute approximate surface area is 218 Å². The molecular formula is C31H37FN2O3. The van der Waals surface area contributed by atoms with E-state index in [0.717, 1.165) is 67.6 Å². The number of piperidine rings is 1. The zero-order valence-electron chi connectivity index (χ0n) is 21.4. The zero-order valence-corrected chi connectivity index (χ0v) is 21.4. The predicted octanol–water partition coefficient (Wildman–Crippen LogP) is 6.01. The minimum Gasteiger partial charge on any atom is -0.508 e. The predicted molar refractivity (Wildman–Crippen MR) is 146 cm³/mol. The molecule has 0 bridgehead atoms. The van der Waals surface area contributed by atoms with E-state index in [0.29, 0.717) is 30.7 Å². The molecule has 0 saturated carbocycles. The number of phenolic OH excluding ortho intramolecular Hbond substituents is 2. The van der Waals surface area contributed by atoms with Crippen molar-refractivity contribution in [3.63, 3.8) is 0 Å². The van der Waals surface area contributed by atoms with Gasteiger partial charge in [0.2, 0.25) is 0 Å². The maximum Gasteiger partial charge on any atom is 0.165 e. The van der Waals surface area contributed by atoms with Crippen LogP contribution >= 0.6 is 0 Å². The van der Waals surface area contributed by atoms with Gasteiger partial charge in [0.25, 0.3) is 0 Å². The lowest BCUT2D eigenvalue weighted by Crippen LogP contribution is -2.33. The number of rotatable bonds is 8. The van der Waals surface area contributed by atoms with Crippen molar-refractivity contribution < 1.29 is 19.3 Å². The fourth-order valence-electron chi connectivity index (χ4n) is 5.80. The molecule has 0 unspecified atom stereocenters. The highest BCUT2D eigenvalue weighted by Crippen LogP contribution is 2.43. The van der Waals surface area contributed by atoms with Gasteiger partial charge in [-0.25, -0.2) is 4.39 Å². The molecule has 3 aromatic carbocycles. The molecule has 1 fully saturated rings. The quantitative estimate of drug-likeness (QED) is 0.327. The van der Waals surface area contributed by atoms with E-state index in [1.165, 1.54) is 30.9 Å². The van der Waals surface area contributed by atoms with Gasteiger partial charge >= 0.3 is 0 Å². The first-order chi connectivity index (χ1) is 18.0. The molecule has 196 valence electrons. The largest absolute Gasteiger partial charge is 0.508 e. The van der Waals surface area contributed by atoms with E-state index in [2.05, 4.69) is 4.90 Å². The van der Waals surface area contributed by atoms with Crippen molar-refractivity contribution in [2.24, 2.45) is 0 Å². The average Bonchev–Trinajstić information content (AvgIpc) is 2.91. The molecule has 0 spiro atoms. The van der Waals surface area contributed by atoms with Gasteiger partial charge in [0, 0.05) is 28.9 Å². The number of hydrogen-bond donors (Lipinski definition) is 3. The summed E-state index contributed by atoms with van der Waals surface area (Å²) in [5, 5.41) is 21.3. The molecule has 1 heterocycles. The minimum absolute atomic E-state index is 0.115. The Balaban J connectivity index is 1.28. The summed E-state index contributed by atoms with van der Waals surface area (Å²) in [6.07, 6.45) is 8.84. The third-order valence-electron chi connectivity index (χ3n) is 7.89. The van der Waals surface area contributed by atoms with Crippen molar-refractivity contribution in [1.29, 1.82) is 0 Å². The number of aromatic hydroxyl groups is 2. The van der Waals surface area contributed by atoms with E-state index in [1.54, 1.807) is 24.3 Å². The van der Waals surface area contributed by atoms with Gasteiger partial charge in [0.1, 0.15) is 18.1 Å². The molecule has 3 aromatic rings. The summed E-state index contributed by atoms with van der Waals surface area (Å²) < 4.78 is 20.5. The Morgan fingerprint density at radius 2 is 1.65 bits per heavy atom. The number of anilines is 1. The number of likely N-dealkylation sites (tertiary alicyclic amines) is 1. The first-order valence-electron chi connectivity index (χ1n) is 13.6. The maximum absolute atomic E-state index is 14.7. The molecule has 1 saturated heterocycles. The molecule has 0 radical (unpaired) electrons.